The van der Waals surface area contributed by atoms with Crippen LogP contribution in [-0.4, -0.2) is 46.7 Å². The van der Waals surface area contributed by atoms with Crippen molar-refractivity contribution >= 4 is 22.6 Å². The van der Waals surface area contributed by atoms with Gasteiger partial charge in [-0.1, -0.05) is 0 Å². The minimum Gasteiger partial charge on any atom is -0.254 e. The van der Waals surface area contributed by atoms with Gasteiger partial charge in [0.1, 0.15) is 15.0 Å². The standard InChI is InChI=1S/C7H21O3P3/c1-11(2,3)9-13(7,8)10-12(4,5)6/h1-7H3/q+2. The molecular formula is C7H21O3P3+2. The third-order valence-corrected chi connectivity index (χ3v) is 7.08. The first-order valence-electron chi connectivity index (χ1n) is 4.04. The van der Waals surface area contributed by atoms with Crippen LogP contribution in [0.15, 0.2) is 0 Å². The molecule has 0 radical (unpaired) electrons. The fraction of sp³-hybridized carbons (Fsp3) is 1.00. The SMILES string of the molecule is CP(=O)(O[P+](C)(C)C)O[P+](C)(C)C. The molecule has 0 N–H and O–H groups in total. The topological polar surface area (TPSA) is 35.5 Å². The maximum atomic E-state index is 11.9. The van der Waals surface area contributed by atoms with Gasteiger partial charge < -0.3 is 0 Å². The molecule has 0 aliphatic carbocycles. The van der Waals surface area contributed by atoms with Crippen molar-refractivity contribution < 1.29 is 13.2 Å². The van der Waals surface area contributed by atoms with Gasteiger partial charge in [-0.3, -0.25) is 4.57 Å². The van der Waals surface area contributed by atoms with Crippen molar-refractivity contribution in [1.82, 2.24) is 0 Å². The molecule has 0 amide bonds. The van der Waals surface area contributed by atoms with Crippen molar-refractivity contribution in [3.05, 3.63) is 0 Å². The van der Waals surface area contributed by atoms with E-state index < -0.39 is 22.6 Å². The fourth-order valence-electron chi connectivity index (χ4n) is 0.905. The van der Waals surface area contributed by atoms with Crippen LogP contribution in [0, 0.1) is 0 Å². The zero-order valence-corrected chi connectivity index (χ0v) is 12.2. The molecule has 0 spiro atoms. The highest BCUT2D eigenvalue weighted by molar-refractivity contribution is 7.81. The van der Waals surface area contributed by atoms with E-state index in [0.717, 1.165) is 0 Å². The molecule has 0 fully saturated rings. The molecule has 0 heterocycles. The Bertz CT molecular complexity index is 194. The summed E-state index contributed by atoms with van der Waals surface area (Å²) in [6, 6.07) is 0. The van der Waals surface area contributed by atoms with E-state index in [1.54, 1.807) is 6.66 Å². The number of hydrogen-bond acceptors (Lipinski definition) is 3. The highest BCUT2D eigenvalue weighted by Gasteiger charge is 2.39. The molecule has 0 aromatic rings. The van der Waals surface area contributed by atoms with E-state index in [1.807, 2.05) is 40.0 Å². The van der Waals surface area contributed by atoms with Crippen LogP contribution in [0.5, 0.6) is 0 Å². The Morgan fingerprint density at radius 2 is 1.08 bits per heavy atom. The van der Waals surface area contributed by atoms with Crippen molar-refractivity contribution in [1.29, 1.82) is 0 Å². The van der Waals surface area contributed by atoms with E-state index in [2.05, 4.69) is 0 Å². The third kappa shape index (κ3) is 9.32. The normalized spacial score (nSPS) is 14.7. The van der Waals surface area contributed by atoms with Crippen molar-refractivity contribution in [2.75, 3.05) is 46.7 Å². The van der Waals surface area contributed by atoms with Gasteiger partial charge in [0, 0.05) is 6.66 Å². The monoisotopic (exact) mass is 246 g/mol. The largest absolute Gasteiger partial charge is 0.393 e. The Kier molecular flexibility index (Phi) is 4.58. The molecule has 80 valence electrons. The minimum atomic E-state index is -2.84. The quantitative estimate of drug-likeness (QED) is 0.712. The first-order valence-corrected chi connectivity index (χ1v) is 12.1. The van der Waals surface area contributed by atoms with Gasteiger partial charge in [-0.2, -0.15) is 8.62 Å². The highest BCUT2D eigenvalue weighted by Crippen LogP contribution is 2.70. The summed E-state index contributed by atoms with van der Waals surface area (Å²) in [5.74, 6) is 0. The van der Waals surface area contributed by atoms with Crippen molar-refractivity contribution in [2.45, 2.75) is 0 Å². The summed E-state index contributed by atoms with van der Waals surface area (Å²) < 4.78 is 22.8. The lowest BCUT2D eigenvalue weighted by atomic mass is 11.9. The first-order chi connectivity index (χ1) is 5.41. The maximum absolute atomic E-state index is 11.9. The van der Waals surface area contributed by atoms with Crippen LogP contribution in [-0.2, 0) is 13.2 Å². The minimum absolute atomic E-state index is 1.49. The zero-order valence-electron chi connectivity index (χ0n) is 9.57. The highest BCUT2D eigenvalue weighted by atomic mass is 31.3. The van der Waals surface area contributed by atoms with Gasteiger partial charge in [-0.05, 0) is 0 Å². The van der Waals surface area contributed by atoms with Crippen LogP contribution < -0.4 is 0 Å². The zero-order chi connectivity index (χ0) is 10.9. The third-order valence-electron chi connectivity index (χ3n) is 0.787. The van der Waals surface area contributed by atoms with Crippen molar-refractivity contribution in [3.63, 3.8) is 0 Å². The molecule has 0 aromatic heterocycles. The fourth-order valence-corrected chi connectivity index (χ4v) is 8.41. The van der Waals surface area contributed by atoms with Gasteiger partial charge in [0.15, 0.2) is 0 Å². The van der Waals surface area contributed by atoms with Gasteiger partial charge in [0.2, 0.25) is 0 Å². The molecule has 6 heteroatoms. The number of hydrogen-bond donors (Lipinski definition) is 0. The maximum Gasteiger partial charge on any atom is 0.393 e. The predicted molar refractivity (Wildman–Crippen MR) is 65.1 cm³/mol. The lowest BCUT2D eigenvalue weighted by Gasteiger charge is -2.19. The van der Waals surface area contributed by atoms with Crippen molar-refractivity contribution in [3.8, 4) is 0 Å². The van der Waals surface area contributed by atoms with Crippen LogP contribution >= 0.6 is 22.6 Å². The molecule has 3 nitrogen and oxygen atoms in total. The summed E-state index contributed by atoms with van der Waals surface area (Å²) in [6.45, 7) is 13.4. The average Bonchev–Trinajstić information content (AvgIpc) is 1.43. The molecular weight excluding hydrogens is 225 g/mol. The van der Waals surface area contributed by atoms with E-state index >= 15 is 0 Å². The molecule has 0 bridgehead atoms. The second-order valence-corrected chi connectivity index (χ2v) is 15.1. The molecule has 0 rings (SSSR count). The molecule has 0 aliphatic rings. The summed E-state index contributed by atoms with van der Waals surface area (Å²) in [7, 11) is -5.82. The predicted octanol–water partition coefficient (Wildman–Crippen LogP) is 3.49. The Balaban J connectivity index is 4.35. The van der Waals surface area contributed by atoms with E-state index in [9.17, 15) is 4.57 Å². The van der Waals surface area contributed by atoms with Crippen LogP contribution in [0.25, 0.3) is 0 Å². The smallest absolute Gasteiger partial charge is 0.254 e. The summed E-state index contributed by atoms with van der Waals surface area (Å²) in [6.07, 6.45) is 0. The van der Waals surface area contributed by atoms with Crippen LogP contribution in [0.1, 0.15) is 0 Å². The van der Waals surface area contributed by atoms with Crippen molar-refractivity contribution in [2.24, 2.45) is 0 Å². The molecule has 0 aromatic carbocycles. The summed E-state index contributed by atoms with van der Waals surface area (Å²) in [5, 5.41) is 0. The molecule has 0 saturated carbocycles. The Hall–Kier alpha value is 1.01. The van der Waals surface area contributed by atoms with E-state index in [4.69, 9.17) is 8.62 Å². The van der Waals surface area contributed by atoms with Crippen LogP contribution in [0.3, 0.4) is 0 Å². The second-order valence-electron chi connectivity index (χ2n) is 4.71. The van der Waals surface area contributed by atoms with Crippen LogP contribution in [0.4, 0.5) is 0 Å². The Morgan fingerprint density at radius 1 is 0.846 bits per heavy atom. The molecule has 13 heavy (non-hydrogen) atoms. The summed E-state index contributed by atoms with van der Waals surface area (Å²) in [4.78, 5) is 0. The summed E-state index contributed by atoms with van der Waals surface area (Å²) >= 11 is 0. The molecule has 0 aliphatic heterocycles. The van der Waals surface area contributed by atoms with Gasteiger partial charge in [-0.25, -0.2) is 0 Å². The van der Waals surface area contributed by atoms with E-state index in [1.165, 1.54) is 0 Å². The molecule has 0 saturated heterocycles. The molecule has 0 unspecified atom stereocenters. The van der Waals surface area contributed by atoms with Gasteiger partial charge in [0.05, 0.1) is 40.0 Å². The number of rotatable bonds is 4. The van der Waals surface area contributed by atoms with Gasteiger partial charge >= 0.3 is 7.60 Å². The lowest BCUT2D eigenvalue weighted by Crippen LogP contribution is -1.96. The lowest BCUT2D eigenvalue weighted by molar-refractivity contribution is 0.421. The Labute approximate surface area is 83.0 Å². The second kappa shape index (κ2) is 4.25. The first kappa shape index (κ1) is 14.0. The Morgan fingerprint density at radius 3 is 1.23 bits per heavy atom. The van der Waals surface area contributed by atoms with E-state index in [0.29, 0.717) is 0 Å². The average molecular weight is 246 g/mol. The van der Waals surface area contributed by atoms with Gasteiger partial charge in [0.25, 0.3) is 0 Å². The van der Waals surface area contributed by atoms with Crippen LogP contribution in [0.2, 0.25) is 0 Å². The van der Waals surface area contributed by atoms with Gasteiger partial charge in [-0.15, -0.1) is 0 Å². The summed E-state index contributed by atoms with van der Waals surface area (Å²) in [5.41, 5.74) is 0. The van der Waals surface area contributed by atoms with E-state index in [-0.39, 0.29) is 0 Å². The molecule has 0 atom stereocenters.